The maximum Gasteiger partial charge on any atom is 0.0654 e. The van der Waals surface area contributed by atoms with Crippen molar-refractivity contribution in [2.45, 2.75) is 124 Å². The number of aliphatic hydroxyl groups excluding tert-OH is 3. The first-order chi connectivity index (χ1) is 15.6. The highest BCUT2D eigenvalue weighted by atomic mass is 16.3. The molecule has 10 atom stereocenters. The van der Waals surface area contributed by atoms with Gasteiger partial charge in [0.25, 0.3) is 0 Å². The summed E-state index contributed by atoms with van der Waals surface area (Å²) in [6.45, 7) is 15.9. The van der Waals surface area contributed by atoms with E-state index in [1.807, 2.05) is 19.9 Å². The molecule has 0 aromatic carbocycles. The second kappa shape index (κ2) is 8.57. The van der Waals surface area contributed by atoms with Gasteiger partial charge in [-0.3, -0.25) is 0 Å². The Balaban J connectivity index is 1.64. The first-order valence-corrected chi connectivity index (χ1v) is 14.0. The lowest BCUT2D eigenvalue weighted by molar-refractivity contribution is -0.246. The van der Waals surface area contributed by atoms with Crippen molar-refractivity contribution in [2.24, 2.45) is 45.3 Å². The Bertz CT molecular complexity index is 802. The predicted molar refractivity (Wildman–Crippen MR) is 137 cm³/mol. The molecular weight excluding hydrogens is 424 g/mol. The van der Waals surface area contributed by atoms with Crippen LogP contribution in [0.2, 0.25) is 0 Å². The van der Waals surface area contributed by atoms with Gasteiger partial charge in [0.2, 0.25) is 0 Å². The van der Waals surface area contributed by atoms with E-state index < -0.39 is 5.60 Å². The van der Waals surface area contributed by atoms with Gasteiger partial charge in [-0.2, -0.15) is 0 Å². The summed E-state index contributed by atoms with van der Waals surface area (Å²) in [5.41, 5.74) is 0.326. The lowest BCUT2D eigenvalue weighted by atomic mass is 9.35. The van der Waals surface area contributed by atoms with Crippen molar-refractivity contribution in [3.05, 3.63) is 11.6 Å². The van der Waals surface area contributed by atoms with Gasteiger partial charge < -0.3 is 20.4 Å². The quantitative estimate of drug-likeness (QED) is 0.397. The van der Waals surface area contributed by atoms with Crippen LogP contribution in [0.3, 0.4) is 0 Å². The monoisotopic (exact) mass is 476 g/mol. The molecule has 4 fully saturated rings. The van der Waals surface area contributed by atoms with E-state index in [2.05, 4.69) is 34.6 Å². The first kappa shape index (κ1) is 26.6. The number of hydrogen-bond donors (Lipinski definition) is 4. The third-order valence-electron chi connectivity index (χ3n) is 12.6. The van der Waals surface area contributed by atoms with Gasteiger partial charge in [0.05, 0.1) is 24.4 Å². The zero-order chi connectivity index (χ0) is 25.3. The largest absolute Gasteiger partial charge is 0.393 e. The standard InChI is InChI=1S/C30H52O4/c1-19(18-31)9-8-13-30(7,34)20-10-15-29(6)25(20)21(32)17-23-27(4)14-12-24(33)26(2,3)22(27)11-16-28(23,29)5/h9,20-25,31-34H,8,10-18H2,1-7H3/b19-9-/t20?,21?,22?,23?,24?,25?,27?,28?,29-,30?/m1/s1. The Labute approximate surface area is 208 Å². The van der Waals surface area contributed by atoms with Crippen LogP contribution in [0.25, 0.3) is 0 Å². The van der Waals surface area contributed by atoms with Gasteiger partial charge in [0.1, 0.15) is 0 Å². The van der Waals surface area contributed by atoms with E-state index >= 15 is 0 Å². The second-order valence-electron chi connectivity index (χ2n) is 14.4. The molecule has 4 heteroatoms. The minimum absolute atomic E-state index is 0.00896. The molecule has 0 spiro atoms. The Morgan fingerprint density at radius 1 is 0.941 bits per heavy atom. The van der Waals surface area contributed by atoms with Crippen LogP contribution >= 0.6 is 0 Å². The molecule has 34 heavy (non-hydrogen) atoms. The molecule has 4 aliphatic carbocycles. The van der Waals surface area contributed by atoms with Crippen molar-refractivity contribution in [3.63, 3.8) is 0 Å². The van der Waals surface area contributed by atoms with Crippen molar-refractivity contribution in [2.75, 3.05) is 6.61 Å². The van der Waals surface area contributed by atoms with Gasteiger partial charge in [0, 0.05) is 0 Å². The zero-order valence-electron chi connectivity index (χ0n) is 22.9. The molecule has 0 aromatic rings. The van der Waals surface area contributed by atoms with Crippen molar-refractivity contribution in [1.29, 1.82) is 0 Å². The normalized spacial score (nSPS) is 50.1. The Morgan fingerprint density at radius 3 is 2.24 bits per heavy atom. The summed E-state index contributed by atoms with van der Waals surface area (Å²) < 4.78 is 0. The van der Waals surface area contributed by atoms with Crippen molar-refractivity contribution >= 4 is 0 Å². The molecule has 0 bridgehead atoms. The minimum atomic E-state index is -0.823. The Morgan fingerprint density at radius 2 is 1.59 bits per heavy atom. The predicted octanol–water partition coefficient (Wildman–Crippen LogP) is 5.47. The van der Waals surface area contributed by atoms with Crippen LogP contribution in [0.4, 0.5) is 0 Å². The highest BCUT2D eigenvalue weighted by Crippen LogP contribution is 2.75. The zero-order valence-corrected chi connectivity index (χ0v) is 22.9. The summed E-state index contributed by atoms with van der Waals surface area (Å²) in [4.78, 5) is 0. The summed E-state index contributed by atoms with van der Waals surface area (Å²) in [6, 6.07) is 0. The van der Waals surface area contributed by atoms with E-state index in [1.165, 1.54) is 0 Å². The summed E-state index contributed by atoms with van der Waals surface area (Å²) in [6.07, 6.45) is 9.93. The third-order valence-corrected chi connectivity index (χ3v) is 12.6. The molecule has 4 nitrogen and oxygen atoms in total. The third kappa shape index (κ3) is 3.68. The lowest BCUT2D eigenvalue weighted by Gasteiger charge is -2.70. The maximum absolute atomic E-state index is 11.8. The van der Waals surface area contributed by atoms with Crippen LogP contribution in [-0.4, -0.2) is 44.8 Å². The number of fused-ring (bicyclic) bond motifs is 5. The number of rotatable bonds is 5. The van der Waals surface area contributed by atoms with Crippen LogP contribution < -0.4 is 0 Å². The molecule has 4 saturated carbocycles. The highest BCUT2D eigenvalue weighted by molar-refractivity contribution is 5.20. The van der Waals surface area contributed by atoms with E-state index in [0.29, 0.717) is 18.3 Å². The SMILES string of the molecule is C/C(=C/CCC(C)(O)C1CC[C@]2(C)C1C(O)CC1C3(C)CCC(O)C(C)(C)C3CCC12C)CO. The summed E-state index contributed by atoms with van der Waals surface area (Å²) in [5, 5.41) is 43.6. The van der Waals surface area contributed by atoms with Crippen LogP contribution in [-0.2, 0) is 0 Å². The van der Waals surface area contributed by atoms with Gasteiger partial charge in [0.15, 0.2) is 0 Å². The molecule has 0 aliphatic heterocycles. The van der Waals surface area contributed by atoms with Gasteiger partial charge in [-0.1, -0.05) is 46.3 Å². The fourth-order valence-electron chi connectivity index (χ4n) is 10.3. The van der Waals surface area contributed by atoms with Crippen LogP contribution in [0.5, 0.6) is 0 Å². The van der Waals surface area contributed by atoms with Crippen molar-refractivity contribution < 1.29 is 20.4 Å². The van der Waals surface area contributed by atoms with E-state index in [9.17, 15) is 20.4 Å². The lowest BCUT2D eigenvalue weighted by Crippen LogP contribution is -2.66. The molecule has 0 heterocycles. The molecule has 196 valence electrons. The molecule has 4 aliphatic rings. The van der Waals surface area contributed by atoms with Crippen LogP contribution in [0.1, 0.15) is 106 Å². The molecule has 9 unspecified atom stereocenters. The summed E-state index contributed by atoms with van der Waals surface area (Å²) in [7, 11) is 0. The fraction of sp³-hybridized carbons (Fsp3) is 0.933. The van der Waals surface area contributed by atoms with Crippen molar-refractivity contribution in [3.8, 4) is 0 Å². The maximum atomic E-state index is 11.8. The van der Waals surface area contributed by atoms with E-state index in [4.69, 9.17) is 0 Å². The molecule has 4 N–H and O–H groups in total. The molecule has 0 amide bonds. The average Bonchev–Trinajstić information content (AvgIpc) is 3.13. The second-order valence-corrected chi connectivity index (χ2v) is 14.4. The van der Waals surface area contributed by atoms with E-state index in [1.54, 1.807) is 0 Å². The Hall–Kier alpha value is -0.420. The van der Waals surface area contributed by atoms with Gasteiger partial charge in [-0.05, 0) is 117 Å². The minimum Gasteiger partial charge on any atom is -0.393 e. The number of aliphatic hydroxyl groups is 4. The van der Waals surface area contributed by atoms with Gasteiger partial charge in [-0.15, -0.1) is 0 Å². The van der Waals surface area contributed by atoms with E-state index in [-0.39, 0.29) is 52.3 Å². The molecule has 0 aromatic heterocycles. The molecule has 0 saturated heterocycles. The smallest absolute Gasteiger partial charge is 0.0654 e. The molecule has 4 rings (SSSR count). The van der Waals surface area contributed by atoms with Crippen LogP contribution in [0, 0.1) is 45.3 Å². The average molecular weight is 477 g/mol. The molecular formula is C30H52O4. The Kier molecular flexibility index (Phi) is 6.71. The summed E-state index contributed by atoms with van der Waals surface area (Å²) >= 11 is 0. The van der Waals surface area contributed by atoms with Gasteiger partial charge >= 0.3 is 0 Å². The molecule has 0 radical (unpaired) electrons. The van der Waals surface area contributed by atoms with Gasteiger partial charge in [-0.25, -0.2) is 0 Å². The highest BCUT2D eigenvalue weighted by Gasteiger charge is 2.71. The first-order valence-electron chi connectivity index (χ1n) is 14.0. The van der Waals surface area contributed by atoms with E-state index in [0.717, 1.165) is 56.9 Å². The topological polar surface area (TPSA) is 80.9 Å². The summed E-state index contributed by atoms with van der Waals surface area (Å²) in [5.74, 6) is 1.15. The van der Waals surface area contributed by atoms with Crippen molar-refractivity contribution in [1.82, 2.24) is 0 Å². The van der Waals surface area contributed by atoms with Crippen LogP contribution in [0.15, 0.2) is 11.6 Å². The fourth-order valence-corrected chi connectivity index (χ4v) is 10.3. The number of allylic oxidation sites excluding steroid dienone is 1. The number of hydrogen-bond acceptors (Lipinski definition) is 4.